The van der Waals surface area contributed by atoms with Gasteiger partial charge in [0, 0.05) is 6.54 Å². The van der Waals surface area contributed by atoms with Crippen molar-refractivity contribution < 1.29 is 14.3 Å². The third-order valence-corrected chi connectivity index (χ3v) is 4.36. The number of nitrogens with zero attached hydrogens (tertiary/aromatic N) is 1. The second kappa shape index (κ2) is 4.09. The summed E-state index contributed by atoms with van der Waals surface area (Å²) in [6, 6.07) is 0. The zero-order valence-electron chi connectivity index (χ0n) is 10.2. The molecule has 0 aliphatic carbocycles. The lowest BCUT2D eigenvalue weighted by atomic mass is 9.81. The minimum absolute atomic E-state index is 0.0256. The lowest BCUT2D eigenvalue weighted by molar-refractivity contribution is -0.142. The highest BCUT2D eigenvalue weighted by molar-refractivity contribution is 6.06. The Hall–Kier alpha value is -0.900. The number of carbonyl (C=O) groups is 2. The number of likely N-dealkylation sites (tertiary alicyclic amines) is 1. The van der Waals surface area contributed by atoms with Gasteiger partial charge in [0.15, 0.2) is 0 Å². The molecule has 94 valence electrons. The molecule has 0 aromatic heterocycles. The van der Waals surface area contributed by atoms with Crippen LogP contribution in [0.1, 0.15) is 39.0 Å². The summed E-state index contributed by atoms with van der Waals surface area (Å²) in [5, 5.41) is 0. The minimum Gasteiger partial charge on any atom is -0.373 e. The summed E-state index contributed by atoms with van der Waals surface area (Å²) < 4.78 is 5.69. The lowest BCUT2D eigenvalue weighted by Crippen LogP contribution is -2.35. The van der Waals surface area contributed by atoms with Crippen molar-refractivity contribution in [2.24, 2.45) is 11.8 Å². The standard InChI is InChI=1S/C13H19NO3/c1-2-3-4-7-14-12(15)10-8-5-6-9(17-8)11(10)13(14)16/h8-11H,2-7H2,1H3/t8-,9-,10?,11?/m1/s1. The molecule has 0 N–H and O–H groups in total. The molecule has 2 bridgehead atoms. The number of carbonyl (C=O) groups excluding carboxylic acids is 2. The minimum atomic E-state index is -0.150. The molecule has 3 aliphatic rings. The summed E-state index contributed by atoms with van der Waals surface area (Å²) >= 11 is 0. The number of hydrogen-bond donors (Lipinski definition) is 0. The van der Waals surface area contributed by atoms with E-state index in [1.807, 2.05) is 0 Å². The Morgan fingerprint density at radius 1 is 1.12 bits per heavy atom. The van der Waals surface area contributed by atoms with E-state index >= 15 is 0 Å². The highest BCUT2D eigenvalue weighted by Gasteiger charge is 2.61. The fourth-order valence-corrected chi connectivity index (χ4v) is 3.51. The number of fused-ring (bicyclic) bond motifs is 5. The van der Waals surface area contributed by atoms with E-state index in [9.17, 15) is 9.59 Å². The van der Waals surface area contributed by atoms with E-state index in [0.717, 1.165) is 32.1 Å². The van der Waals surface area contributed by atoms with Gasteiger partial charge in [0.2, 0.25) is 11.8 Å². The SMILES string of the molecule is CCCCCN1C(=O)C2C(C1=O)[C@H]1CC[C@H]2O1. The van der Waals surface area contributed by atoms with Gasteiger partial charge in [-0.25, -0.2) is 0 Å². The zero-order chi connectivity index (χ0) is 12.0. The first kappa shape index (κ1) is 11.2. The van der Waals surface area contributed by atoms with Crippen LogP contribution in [0.3, 0.4) is 0 Å². The van der Waals surface area contributed by atoms with Gasteiger partial charge in [0.05, 0.1) is 24.0 Å². The summed E-state index contributed by atoms with van der Waals surface area (Å²) in [4.78, 5) is 25.9. The summed E-state index contributed by atoms with van der Waals surface area (Å²) in [7, 11) is 0. The zero-order valence-corrected chi connectivity index (χ0v) is 10.2. The number of amides is 2. The Labute approximate surface area is 101 Å². The largest absolute Gasteiger partial charge is 0.373 e. The van der Waals surface area contributed by atoms with E-state index < -0.39 is 0 Å². The lowest BCUT2D eigenvalue weighted by Gasteiger charge is -2.16. The van der Waals surface area contributed by atoms with E-state index in [1.54, 1.807) is 0 Å². The average molecular weight is 237 g/mol. The highest BCUT2D eigenvalue weighted by Crippen LogP contribution is 2.48. The van der Waals surface area contributed by atoms with Crippen molar-refractivity contribution >= 4 is 11.8 Å². The maximum atomic E-state index is 12.2. The van der Waals surface area contributed by atoms with Crippen molar-refractivity contribution in [3.63, 3.8) is 0 Å². The molecule has 0 aromatic rings. The van der Waals surface area contributed by atoms with Crippen LogP contribution in [0.2, 0.25) is 0 Å². The number of hydrogen-bond acceptors (Lipinski definition) is 3. The first-order valence-electron chi connectivity index (χ1n) is 6.74. The van der Waals surface area contributed by atoms with Crippen molar-refractivity contribution in [3.05, 3.63) is 0 Å². The molecule has 4 heteroatoms. The van der Waals surface area contributed by atoms with Crippen molar-refractivity contribution in [3.8, 4) is 0 Å². The molecule has 3 aliphatic heterocycles. The average Bonchev–Trinajstić information content (AvgIpc) is 2.97. The molecular formula is C13H19NO3. The topological polar surface area (TPSA) is 46.6 Å². The molecule has 0 saturated carbocycles. The molecule has 4 nitrogen and oxygen atoms in total. The van der Waals surface area contributed by atoms with Gasteiger partial charge in [-0.05, 0) is 19.3 Å². The quantitative estimate of drug-likeness (QED) is 0.547. The predicted molar refractivity (Wildman–Crippen MR) is 61.1 cm³/mol. The monoisotopic (exact) mass is 237 g/mol. The Morgan fingerprint density at radius 2 is 1.71 bits per heavy atom. The third kappa shape index (κ3) is 1.53. The second-order valence-electron chi connectivity index (χ2n) is 5.38. The molecule has 3 heterocycles. The Bertz CT molecular complexity index is 327. The Kier molecular flexibility index (Phi) is 2.69. The van der Waals surface area contributed by atoms with E-state index in [-0.39, 0.29) is 35.9 Å². The van der Waals surface area contributed by atoms with Crippen molar-refractivity contribution in [1.29, 1.82) is 0 Å². The van der Waals surface area contributed by atoms with Gasteiger partial charge in [-0.1, -0.05) is 19.8 Å². The van der Waals surface area contributed by atoms with Gasteiger partial charge in [0.25, 0.3) is 0 Å². The van der Waals surface area contributed by atoms with Crippen molar-refractivity contribution in [1.82, 2.24) is 4.90 Å². The first-order chi connectivity index (χ1) is 8.24. The number of ether oxygens (including phenoxy) is 1. The van der Waals surface area contributed by atoms with Gasteiger partial charge >= 0.3 is 0 Å². The van der Waals surface area contributed by atoms with E-state index in [0.29, 0.717) is 6.54 Å². The highest BCUT2D eigenvalue weighted by atomic mass is 16.5. The fourth-order valence-electron chi connectivity index (χ4n) is 3.51. The van der Waals surface area contributed by atoms with Crippen LogP contribution in [-0.4, -0.2) is 35.5 Å². The van der Waals surface area contributed by atoms with Crippen molar-refractivity contribution in [2.45, 2.75) is 51.2 Å². The summed E-state index contributed by atoms with van der Waals surface area (Å²) in [5.74, 6) is -0.239. The van der Waals surface area contributed by atoms with Crippen LogP contribution in [0.5, 0.6) is 0 Å². The molecule has 3 rings (SSSR count). The molecule has 17 heavy (non-hydrogen) atoms. The van der Waals surface area contributed by atoms with Crippen molar-refractivity contribution in [2.75, 3.05) is 6.54 Å². The van der Waals surface area contributed by atoms with Crippen LogP contribution in [0.4, 0.5) is 0 Å². The number of unbranched alkanes of at least 4 members (excludes halogenated alkanes) is 2. The van der Waals surface area contributed by atoms with Gasteiger partial charge in [-0.3, -0.25) is 14.5 Å². The first-order valence-corrected chi connectivity index (χ1v) is 6.74. The van der Waals surface area contributed by atoms with Crippen LogP contribution in [0.15, 0.2) is 0 Å². The fraction of sp³-hybridized carbons (Fsp3) is 0.846. The van der Waals surface area contributed by atoms with Crippen LogP contribution < -0.4 is 0 Å². The summed E-state index contributed by atoms with van der Waals surface area (Å²) in [6.07, 6.45) is 5.08. The van der Waals surface area contributed by atoms with E-state index in [4.69, 9.17) is 4.74 Å². The van der Waals surface area contributed by atoms with Crippen LogP contribution in [0, 0.1) is 11.8 Å². The Balaban J connectivity index is 1.72. The van der Waals surface area contributed by atoms with E-state index in [1.165, 1.54) is 4.90 Å². The van der Waals surface area contributed by atoms with Gasteiger partial charge in [-0.15, -0.1) is 0 Å². The number of imide groups is 1. The molecule has 3 saturated heterocycles. The molecular weight excluding hydrogens is 218 g/mol. The molecule has 3 fully saturated rings. The normalized spacial score (nSPS) is 39.2. The van der Waals surface area contributed by atoms with E-state index in [2.05, 4.69) is 6.92 Å². The maximum Gasteiger partial charge on any atom is 0.235 e. The maximum absolute atomic E-state index is 12.2. The van der Waals surface area contributed by atoms with Crippen LogP contribution in [-0.2, 0) is 14.3 Å². The van der Waals surface area contributed by atoms with Crippen LogP contribution >= 0.6 is 0 Å². The third-order valence-electron chi connectivity index (χ3n) is 4.36. The smallest absolute Gasteiger partial charge is 0.235 e. The summed E-state index contributed by atoms with van der Waals surface area (Å²) in [6.45, 7) is 2.73. The predicted octanol–water partition coefficient (Wildman–Crippen LogP) is 1.34. The van der Waals surface area contributed by atoms with Gasteiger partial charge in [-0.2, -0.15) is 0 Å². The Morgan fingerprint density at radius 3 is 2.24 bits per heavy atom. The van der Waals surface area contributed by atoms with Gasteiger partial charge < -0.3 is 4.74 Å². The summed E-state index contributed by atoms with van der Waals surface area (Å²) in [5.41, 5.74) is 0. The van der Waals surface area contributed by atoms with Gasteiger partial charge in [0.1, 0.15) is 0 Å². The molecule has 0 aromatic carbocycles. The van der Waals surface area contributed by atoms with Crippen LogP contribution in [0.25, 0.3) is 0 Å². The second-order valence-corrected chi connectivity index (χ2v) is 5.38. The molecule has 0 radical (unpaired) electrons. The molecule has 2 amide bonds. The molecule has 2 unspecified atom stereocenters. The molecule has 4 atom stereocenters. The number of rotatable bonds is 4. The molecule has 0 spiro atoms.